The number of phenols is 1. The number of hydrogen-bond donors (Lipinski definition) is 3. The number of amides is 2. The van der Waals surface area contributed by atoms with E-state index < -0.39 is 11.8 Å². The fraction of sp³-hybridized carbons (Fsp3) is 0.125. The van der Waals surface area contributed by atoms with E-state index in [0.29, 0.717) is 11.4 Å². The Kier molecular flexibility index (Phi) is 5.37. The van der Waals surface area contributed by atoms with Crippen LogP contribution in [0.15, 0.2) is 54.6 Å². The minimum absolute atomic E-state index is 0.00877. The number of para-hydroxylation sites is 1. The molecule has 0 atom stereocenters. The van der Waals surface area contributed by atoms with Gasteiger partial charge in [-0.05, 0) is 24.3 Å². The number of ether oxygens (including phenoxy) is 1. The van der Waals surface area contributed by atoms with Crippen LogP contribution in [-0.4, -0.2) is 30.1 Å². The van der Waals surface area contributed by atoms with E-state index in [4.69, 9.17) is 4.74 Å². The van der Waals surface area contributed by atoms with Gasteiger partial charge < -0.3 is 20.5 Å². The molecule has 3 N–H and O–H groups in total. The maximum Gasteiger partial charge on any atom is 0.313 e. The van der Waals surface area contributed by atoms with Gasteiger partial charge in [0.15, 0.2) is 0 Å². The summed E-state index contributed by atoms with van der Waals surface area (Å²) in [6.07, 6.45) is 0. The number of aromatic hydroxyl groups is 1. The molecule has 0 saturated carbocycles. The first-order valence-electron chi connectivity index (χ1n) is 6.71. The zero-order valence-electron chi connectivity index (χ0n) is 11.8. The number of rotatable bonds is 5. The zero-order valence-corrected chi connectivity index (χ0v) is 11.8. The second kappa shape index (κ2) is 7.68. The number of anilines is 1. The van der Waals surface area contributed by atoms with Crippen molar-refractivity contribution in [3.05, 3.63) is 54.6 Å². The first kappa shape index (κ1) is 15.4. The highest BCUT2D eigenvalue weighted by Crippen LogP contribution is 2.15. The smallest absolute Gasteiger partial charge is 0.313 e. The van der Waals surface area contributed by atoms with E-state index in [9.17, 15) is 14.7 Å². The molecule has 6 heteroatoms. The Hall–Kier alpha value is -3.02. The Bertz CT molecular complexity index is 644. The molecule has 2 amide bonds. The van der Waals surface area contributed by atoms with Crippen LogP contribution in [0.2, 0.25) is 0 Å². The van der Waals surface area contributed by atoms with E-state index in [0.717, 1.165) is 0 Å². The summed E-state index contributed by atoms with van der Waals surface area (Å²) in [6, 6.07) is 15.1. The Morgan fingerprint density at radius 2 is 1.77 bits per heavy atom. The second-order valence-electron chi connectivity index (χ2n) is 4.42. The van der Waals surface area contributed by atoms with Gasteiger partial charge >= 0.3 is 11.8 Å². The van der Waals surface area contributed by atoms with Gasteiger partial charge in [0.05, 0.1) is 6.54 Å². The molecule has 0 bridgehead atoms. The van der Waals surface area contributed by atoms with Crippen molar-refractivity contribution in [3.63, 3.8) is 0 Å². The largest absolute Gasteiger partial charge is 0.508 e. The van der Waals surface area contributed by atoms with Crippen molar-refractivity contribution >= 4 is 17.5 Å². The third-order valence-electron chi connectivity index (χ3n) is 2.71. The van der Waals surface area contributed by atoms with Crippen molar-refractivity contribution in [3.8, 4) is 11.5 Å². The van der Waals surface area contributed by atoms with E-state index in [1.165, 1.54) is 12.1 Å². The highest BCUT2D eigenvalue weighted by molar-refractivity contribution is 6.39. The molecule has 2 rings (SSSR count). The van der Waals surface area contributed by atoms with Crippen LogP contribution in [0.3, 0.4) is 0 Å². The quantitative estimate of drug-likeness (QED) is 0.577. The van der Waals surface area contributed by atoms with Gasteiger partial charge in [0.2, 0.25) is 0 Å². The van der Waals surface area contributed by atoms with Gasteiger partial charge in [-0.3, -0.25) is 9.59 Å². The lowest BCUT2D eigenvalue weighted by Gasteiger charge is -2.08. The Morgan fingerprint density at radius 3 is 2.50 bits per heavy atom. The minimum atomic E-state index is -0.801. The van der Waals surface area contributed by atoms with Gasteiger partial charge in [0.1, 0.15) is 18.1 Å². The lowest BCUT2D eigenvalue weighted by Crippen LogP contribution is -2.37. The summed E-state index contributed by atoms with van der Waals surface area (Å²) in [7, 11) is 0. The molecule has 0 heterocycles. The maximum atomic E-state index is 11.6. The van der Waals surface area contributed by atoms with Crippen LogP contribution in [0.25, 0.3) is 0 Å². The Morgan fingerprint density at radius 1 is 1.00 bits per heavy atom. The second-order valence-corrected chi connectivity index (χ2v) is 4.42. The lowest BCUT2D eigenvalue weighted by atomic mass is 10.3. The molecule has 0 saturated heterocycles. The molecule has 0 aliphatic carbocycles. The standard InChI is InChI=1S/C16H16N2O4/c19-13-6-4-5-12(11-13)18-16(21)15(20)17-9-10-22-14-7-2-1-3-8-14/h1-8,11,19H,9-10H2,(H,17,20)(H,18,21). The maximum absolute atomic E-state index is 11.6. The molecule has 0 spiro atoms. The molecular weight excluding hydrogens is 284 g/mol. The summed E-state index contributed by atoms with van der Waals surface area (Å²) in [5.74, 6) is -0.860. The van der Waals surface area contributed by atoms with Crippen molar-refractivity contribution in [2.45, 2.75) is 0 Å². The number of benzene rings is 2. The van der Waals surface area contributed by atoms with E-state index >= 15 is 0 Å². The molecule has 6 nitrogen and oxygen atoms in total. The molecule has 114 valence electrons. The molecule has 0 fully saturated rings. The minimum Gasteiger partial charge on any atom is -0.508 e. The highest BCUT2D eigenvalue weighted by atomic mass is 16.5. The fourth-order valence-electron chi connectivity index (χ4n) is 1.70. The molecule has 2 aromatic rings. The van der Waals surface area contributed by atoms with Crippen LogP contribution in [0.4, 0.5) is 5.69 Å². The highest BCUT2D eigenvalue weighted by Gasteiger charge is 2.13. The number of nitrogens with one attached hydrogen (secondary N) is 2. The molecule has 0 unspecified atom stereocenters. The molecule has 0 radical (unpaired) electrons. The predicted octanol–water partition coefficient (Wildman–Crippen LogP) is 1.53. The summed E-state index contributed by atoms with van der Waals surface area (Å²) in [5, 5.41) is 14.1. The Balaban J connectivity index is 1.71. The van der Waals surface area contributed by atoms with Gasteiger partial charge in [0.25, 0.3) is 0 Å². The monoisotopic (exact) mass is 300 g/mol. The van der Waals surface area contributed by atoms with Crippen molar-refractivity contribution in [1.29, 1.82) is 0 Å². The van der Waals surface area contributed by atoms with Crippen LogP contribution in [0.5, 0.6) is 11.5 Å². The van der Waals surface area contributed by atoms with E-state index in [1.54, 1.807) is 24.3 Å². The molecule has 0 aliphatic rings. The van der Waals surface area contributed by atoms with E-state index in [1.807, 2.05) is 18.2 Å². The predicted molar refractivity (Wildman–Crippen MR) is 81.7 cm³/mol. The summed E-state index contributed by atoms with van der Waals surface area (Å²) >= 11 is 0. The average molecular weight is 300 g/mol. The van der Waals surface area contributed by atoms with Crippen LogP contribution < -0.4 is 15.4 Å². The topological polar surface area (TPSA) is 87.7 Å². The number of hydrogen-bond acceptors (Lipinski definition) is 4. The average Bonchev–Trinajstić information content (AvgIpc) is 2.52. The van der Waals surface area contributed by atoms with Crippen molar-refractivity contribution in [2.75, 3.05) is 18.5 Å². The summed E-state index contributed by atoms with van der Waals surface area (Å²) in [6.45, 7) is 0.469. The first-order valence-corrected chi connectivity index (χ1v) is 6.71. The van der Waals surface area contributed by atoms with Gasteiger partial charge in [0, 0.05) is 11.8 Å². The first-order chi connectivity index (χ1) is 10.6. The summed E-state index contributed by atoms with van der Waals surface area (Å²) in [4.78, 5) is 23.2. The Labute approximate surface area is 127 Å². The third kappa shape index (κ3) is 4.82. The van der Waals surface area contributed by atoms with Gasteiger partial charge in [-0.2, -0.15) is 0 Å². The van der Waals surface area contributed by atoms with Crippen LogP contribution >= 0.6 is 0 Å². The van der Waals surface area contributed by atoms with Gasteiger partial charge in [-0.1, -0.05) is 24.3 Å². The summed E-state index contributed by atoms with van der Waals surface area (Å²) in [5.41, 5.74) is 0.348. The number of phenolic OH excluding ortho intramolecular Hbond substituents is 1. The fourth-order valence-corrected chi connectivity index (χ4v) is 1.70. The SMILES string of the molecule is O=C(NCCOc1ccccc1)C(=O)Nc1cccc(O)c1. The van der Waals surface area contributed by atoms with Gasteiger partial charge in [-0.25, -0.2) is 0 Å². The molecule has 22 heavy (non-hydrogen) atoms. The number of carbonyl (C=O) groups is 2. The van der Waals surface area contributed by atoms with Crippen molar-refractivity contribution in [2.24, 2.45) is 0 Å². The van der Waals surface area contributed by atoms with Crippen LogP contribution in [0.1, 0.15) is 0 Å². The molecule has 0 aromatic heterocycles. The van der Waals surface area contributed by atoms with Gasteiger partial charge in [-0.15, -0.1) is 0 Å². The van der Waals surface area contributed by atoms with Crippen molar-refractivity contribution < 1.29 is 19.4 Å². The van der Waals surface area contributed by atoms with E-state index in [2.05, 4.69) is 10.6 Å². The number of carbonyl (C=O) groups excluding carboxylic acids is 2. The third-order valence-corrected chi connectivity index (χ3v) is 2.71. The normalized spacial score (nSPS) is 9.82. The van der Waals surface area contributed by atoms with Crippen LogP contribution in [-0.2, 0) is 9.59 Å². The van der Waals surface area contributed by atoms with Crippen molar-refractivity contribution in [1.82, 2.24) is 5.32 Å². The summed E-state index contributed by atoms with van der Waals surface area (Å²) < 4.78 is 5.39. The zero-order chi connectivity index (χ0) is 15.8. The van der Waals surface area contributed by atoms with Crippen LogP contribution in [0, 0.1) is 0 Å². The molecule has 2 aromatic carbocycles. The molecular formula is C16H16N2O4. The molecule has 0 aliphatic heterocycles. The van der Waals surface area contributed by atoms with E-state index in [-0.39, 0.29) is 18.9 Å². The lowest BCUT2D eigenvalue weighted by molar-refractivity contribution is -0.136.